The third kappa shape index (κ3) is 3.18. The Morgan fingerprint density at radius 2 is 1.54 bits per heavy atom. The van der Waals surface area contributed by atoms with Gasteiger partial charge in [0.05, 0.1) is 18.3 Å². The van der Waals surface area contributed by atoms with Crippen LogP contribution in [0.3, 0.4) is 0 Å². The van der Waals surface area contributed by atoms with Gasteiger partial charge in [0.25, 0.3) is 0 Å². The van der Waals surface area contributed by atoms with Crippen molar-refractivity contribution in [3.63, 3.8) is 0 Å². The third-order valence-electron chi connectivity index (χ3n) is 6.20. The number of ether oxygens (including phenoxy) is 2. The SMILES string of the molecule is COC(=O)C1=C2C3=C(C(=O)c4ccccc4C3=O)N(Cc3ccccc3)C2(OC(C)=O)C=CC1=O. The van der Waals surface area contributed by atoms with Crippen molar-refractivity contribution in [1.29, 1.82) is 0 Å². The lowest BCUT2D eigenvalue weighted by atomic mass is 9.80. The molecule has 0 aromatic heterocycles. The van der Waals surface area contributed by atoms with Crippen LogP contribution in [0.5, 0.6) is 0 Å². The van der Waals surface area contributed by atoms with E-state index in [1.807, 2.05) is 18.2 Å². The lowest BCUT2D eigenvalue weighted by Gasteiger charge is -2.40. The molecule has 0 N–H and O–H groups in total. The standard InChI is InChI=1S/C27H19NO7/c1-15(29)35-27-13-12-19(30)20(26(33)34-2)22(27)21-23(28(27)14-16-8-4-3-5-9-16)25(32)18-11-7-6-10-17(18)24(21)31/h3-13H,14H2,1-2H3. The first kappa shape index (κ1) is 22.2. The second-order valence-corrected chi connectivity index (χ2v) is 8.23. The highest BCUT2D eigenvalue weighted by Gasteiger charge is 2.59. The number of allylic oxidation sites excluding steroid dienone is 2. The highest BCUT2D eigenvalue weighted by Crippen LogP contribution is 2.51. The van der Waals surface area contributed by atoms with Crippen LogP contribution < -0.4 is 0 Å². The van der Waals surface area contributed by atoms with E-state index in [1.54, 1.807) is 24.3 Å². The molecule has 1 heterocycles. The van der Waals surface area contributed by atoms with Crippen LogP contribution in [0.4, 0.5) is 0 Å². The molecule has 1 unspecified atom stereocenters. The number of benzene rings is 2. The summed E-state index contributed by atoms with van der Waals surface area (Å²) >= 11 is 0. The predicted octanol–water partition coefficient (Wildman–Crippen LogP) is 2.70. The van der Waals surface area contributed by atoms with Crippen molar-refractivity contribution in [1.82, 2.24) is 4.90 Å². The molecule has 0 bridgehead atoms. The fourth-order valence-corrected chi connectivity index (χ4v) is 4.83. The van der Waals surface area contributed by atoms with Gasteiger partial charge in [0.2, 0.25) is 11.5 Å². The Kier molecular flexibility index (Phi) is 5.09. The van der Waals surface area contributed by atoms with Crippen molar-refractivity contribution in [3.8, 4) is 0 Å². The molecule has 0 saturated heterocycles. The smallest absolute Gasteiger partial charge is 0.342 e. The first-order valence-corrected chi connectivity index (χ1v) is 10.8. The number of Topliss-reactive ketones (excluding diaryl/α,β-unsaturated/α-hetero) is 2. The quantitative estimate of drug-likeness (QED) is 0.497. The van der Waals surface area contributed by atoms with E-state index in [0.29, 0.717) is 0 Å². The number of esters is 2. The maximum atomic E-state index is 13.8. The van der Waals surface area contributed by atoms with Gasteiger partial charge in [-0.2, -0.15) is 0 Å². The van der Waals surface area contributed by atoms with E-state index in [0.717, 1.165) is 18.7 Å². The van der Waals surface area contributed by atoms with Crippen LogP contribution in [0.25, 0.3) is 0 Å². The van der Waals surface area contributed by atoms with Gasteiger partial charge in [-0.1, -0.05) is 54.6 Å². The van der Waals surface area contributed by atoms with Gasteiger partial charge >= 0.3 is 11.9 Å². The molecule has 5 rings (SSSR count). The minimum atomic E-state index is -1.88. The molecular formula is C27H19NO7. The molecule has 8 nitrogen and oxygen atoms in total. The second-order valence-electron chi connectivity index (χ2n) is 8.23. The van der Waals surface area contributed by atoms with Gasteiger partial charge in [-0.3, -0.25) is 19.2 Å². The summed E-state index contributed by atoms with van der Waals surface area (Å²) in [6.45, 7) is 1.22. The van der Waals surface area contributed by atoms with E-state index in [2.05, 4.69) is 0 Å². The van der Waals surface area contributed by atoms with E-state index in [9.17, 15) is 24.0 Å². The number of fused-ring (bicyclic) bond motifs is 3. The molecule has 2 aliphatic carbocycles. The fourth-order valence-electron chi connectivity index (χ4n) is 4.83. The molecule has 0 amide bonds. The van der Waals surface area contributed by atoms with E-state index < -0.39 is 40.6 Å². The van der Waals surface area contributed by atoms with Gasteiger partial charge in [-0.15, -0.1) is 0 Å². The maximum absolute atomic E-state index is 13.8. The number of carbonyl (C=O) groups excluding carboxylic acids is 5. The van der Waals surface area contributed by atoms with Crippen molar-refractivity contribution >= 4 is 29.3 Å². The topological polar surface area (TPSA) is 107 Å². The number of hydrogen-bond acceptors (Lipinski definition) is 8. The molecule has 35 heavy (non-hydrogen) atoms. The molecule has 2 aromatic rings. The lowest BCUT2D eigenvalue weighted by molar-refractivity contribution is -0.161. The van der Waals surface area contributed by atoms with Gasteiger partial charge < -0.3 is 14.4 Å². The van der Waals surface area contributed by atoms with Crippen LogP contribution in [-0.2, 0) is 30.4 Å². The van der Waals surface area contributed by atoms with Crippen LogP contribution >= 0.6 is 0 Å². The Hall–Kier alpha value is -4.59. The molecule has 0 fully saturated rings. The second kappa shape index (κ2) is 8.02. The zero-order chi connectivity index (χ0) is 24.9. The molecule has 1 aliphatic heterocycles. The number of ketones is 3. The van der Waals surface area contributed by atoms with Crippen LogP contribution in [0.1, 0.15) is 33.2 Å². The van der Waals surface area contributed by atoms with Gasteiger partial charge in [-0.05, 0) is 17.7 Å². The molecular weight excluding hydrogens is 450 g/mol. The third-order valence-corrected chi connectivity index (χ3v) is 6.20. The summed E-state index contributed by atoms with van der Waals surface area (Å²) in [4.78, 5) is 67.2. The maximum Gasteiger partial charge on any atom is 0.342 e. The zero-order valence-corrected chi connectivity index (χ0v) is 18.9. The van der Waals surface area contributed by atoms with E-state index >= 15 is 0 Å². The van der Waals surface area contributed by atoms with Gasteiger partial charge in [-0.25, -0.2) is 4.79 Å². The summed E-state index contributed by atoms with van der Waals surface area (Å²) in [7, 11) is 1.10. The van der Waals surface area contributed by atoms with E-state index in [-0.39, 0.29) is 34.5 Å². The fraction of sp³-hybridized carbons (Fsp3) is 0.148. The number of hydrogen-bond donors (Lipinski definition) is 0. The predicted molar refractivity (Wildman–Crippen MR) is 122 cm³/mol. The van der Waals surface area contributed by atoms with Crippen LogP contribution in [-0.4, -0.2) is 47.0 Å². The average Bonchev–Trinajstić information content (AvgIpc) is 3.12. The normalized spacial score (nSPS) is 20.5. The molecule has 2 aromatic carbocycles. The Balaban J connectivity index is 1.87. The molecule has 0 spiro atoms. The van der Waals surface area contributed by atoms with Crippen molar-refractivity contribution in [2.45, 2.75) is 19.2 Å². The van der Waals surface area contributed by atoms with Crippen molar-refractivity contribution in [2.24, 2.45) is 0 Å². The Morgan fingerprint density at radius 1 is 0.914 bits per heavy atom. The van der Waals surface area contributed by atoms with Crippen molar-refractivity contribution < 1.29 is 33.4 Å². The molecule has 174 valence electrons. The highest BCUT2D eigenvalue weighted by atomic mass is 16.6. The Bertz CT molecular complexity index is 1430. The van der Waals surface area contributed by atoms with Crippen molar-refractivity contribution in [2.75, 3.05) is 7.11 Å². The van der Waals surface area contributed by atoms with Gasteiger partial charge in [0.1, 0.15) is 11.3 Å². The van der Waals surface area contributed by atoms with Gasteiger partial charge in [0.15, 0.2) is 11.6 Å². The summed E-state index contributed by atoms with van der Waals surface area (Å²) in [5.41, 5.74) is -1.63. The highest BCUT2D eigenvalue weighted by molar-refractivity contribution is 6.32. The minimum absolute atomic E-state index is 0.0463. The summed E-state index contributed by atoms with van der Waals surface area (Å²) in [5.74, 6) is -3.49. The Labute approximate surface area is 200 Å². The summed E-state index contributed by atoms with van der Waals surface area (Å²) in [6, 6.07) is 15.4. The summed E-state index contributed by atoms with van der Waals surface area (Å²) in [6.07, 6.45) is 2.40. The number of carbonyl (C=O) groups is 5. The van der Waals surface area contributed by atoms with Crippen LogP contribution in [0, 0.1) is 0 Å². The molecule has 0 saturated carbocycles. The lowest BCUT2D eigenvalue weighted by Crippen LogP contribution is -2.50. The Morgan fingerprint density at radius 3 is 2.17 bits per heavy atom. The molecule has 1 atom stereocenters. The molecule has 0 radical (unpaired) electrons. The van der Waals surface area contributed by atoms with E-state index in [4.69, 9.17) is 9.47 Å². The number of nitrogens with zero attached hydrogens (tertiary/aromatic N) is 1. The summed E-state index contributed by atoms with van der Waals surface area (Å²) in [5, 5.41) is 0. The minimum Gasteiger partial charge on any atom is -0.465 e. The first-order valence-electron chi connectivity index (χ1n) is 10.8. The van der Waals surface area contributed by atoms with E-state index in [1.165, 1.54) is 30.0 Å². The van der Waals surface area contributed by atoms with Crippen molar-refractivity contribution in [3.05, 3.63) is 106 Å². The zero-order valence-electron chi connectivity index (χ0n) is 18.9. The summed E-state index contributed by atoms with van der Waals surface area (Å²) < 4.78 is 10.6. The average molecular weight is 469 g/mol. The first-order chi connectivity index (χ1) is 16.8. The van der Waals surface area contributed by atoms with Gasteiger partial charge in [0, 0.05) is 24.6 Å². The number of rotatable bonds is 4. The van der Waals surface area contributed by atoms with Crippen LogP contribution in [0.2, 0.25) is 0 Å². The molecule has 3 aliphatic rings. The molecule has 8 heteroatoms. The monoisotopic (exact) mass is 469 g/mol. The van der Waals surface area contributed by atoms with Crippen LogP contribution in [0.15, 0.2) is 89.2 Å². The number of methoxy groups -OCH3 is 1. The largest absolute Gasteiger partial charge is 0.465 e.